The van der Waals surface area contributed by atoms with E-state index in [-0.39, 0.29) is 23.1 Å². The first-order valence-corrected chi connectivity index (χ1v) is 10.2. The van der Waals surface area contributed by atoms with Gasteiger partial charge >= 0.3 is 0 Å². The third-order valence-electron chi connectivity index (χ3n) is 5.08. The van der Waals surface area contributed by atoms with Crippen molar-refractivity contribution >= 4 is 29.3 Å². The lowest BCUT2D eigenvalue weighted by Gasteiger charge is -2.26. The maximum Gasteiger partial charge on any atom is 0.251 e. The molecule has 27 heavy (non-hydrogen) atoms. The maximum atomic E-state index is 12.7. The molecule has 2 aliphatic rings. The molecular formula is C20H23N3O3S. The van der Waals surface area contributed by atoms with Crippen molar-refractivity contribution in [1.82, 2.24) is 10.2 Å². The van der Waals surface area contributed by atoms with Gasteiger partial charge in [-0.2, -0.15) is 0 Å². The molecule has 2 amide bonds. The molecule has 0 saturated carbocycles. The summed E-state index contributed by atoms with van der Waals surface area (Å²) in [5, 5.41) is 5.79. The smallest absolute Gasteiger partial charge is 0.251 e. The van der Waals surface area contributed by atoms with E-state index in [1.807, 2.05) is 31.2 Å². The third-order valence-corrected chi connectivity index (χ3v) is 6.26. The van der Waals surface area contributed by atoms with Crippen molar-refractivity contribution in [3.63, 3.8) is 0 Å². The summed E-state index contributed by atoms with van der Waals surface area (Å²) in [4.78, 5) is 27.9. The van der Waals surface area contributed by atoms with Gasteiger partial charge in [-0.1, -0.05) is 0 Å². The van der Waals surface area contributed by atoms with Crippen LogP contribution in [0.1, 0.15) is 41.9 Å². The fourth-order valence-corrected chi connectivity index (χ4v) is 4.52. The number of nitrogens with zero attached hydrogens (tertiary/aromatic N) is 1. The van der Waals surface area contributed by atoms with E-state index in [4.69, 9.17) is 4.42 Å². The number of anilines is 1. The average molecular weight is 385 g/mol. The highest BCUT2D eigenvalue weighted by Gasteiger charge is 2.27. The molecule has 6 nitrogen and oxygen atoms in total. The molecule has 1 aromatic carbocycles. The van der Waals surface area contributed by atoms with E-state index in [0.29, 0.717) is 17.8 Å². The molecule has 142 valence electrons. The van der Waals surface area contributed by atoms with Gasteiger partial charge in [-0.25, -0.2) is 0 Å². The Morgan fingerprint density at radius 2 is 2.19 bits per heavy atom. The first-order chi connectivity index (χ1) is 13.1. The minimum Gasteiger partial charge on any atom is -0.468 e. The van der Waals surface area contributed by atoms with Gasteiger partial charge < -0.3 is 15.1 Å². The van der Waals surface area contributed by atoms with Crippen molar-refractivity contribution in [2.45, 2.75) is 36.0 Å². The van der Waals surface area contributed by atoms with Gasteiger partial charge in [0, 0.05) is 17.0 Å². The molecule has 2 aromatic rings. The van der Waals surface area contributed by atoms with Gasteiger partial charge in [-0.05, 0) is 63.2 Å². The summed E-state index contributed by atoms with van der Waals surface area (Å²) in [6.07, 6.45) is 4.02. The second-order valence-corrected chi connectivity index (χ2v) is 8.33. The summed E-state index contributed by atoms with van der Waals surface area (Å²) in [7, 11) is 0. The van der Waals surface area contributed by atoms with E-state index in [0.717, 1.165) is 23.7 Å². The Morgan fingerprint density at radius 3 is 2.93 bits per heavy atom. The molecular weight excluding hydrogens is 362 g/mol. The lowest BCUT2D eigenvalue weighted by Crippen LogP contribution is -2.36. The summed E-state index contributed by atoms with van der Waals surface area (Å²) < 4.78 is 5.60. The number of hydrogen-bond acceptors (Lipinski definition) is 5. The molecule has 1 fully saturated rings. The summed E-state index contributed by atoms with van der Waals surface area (Å²) in [5.41, 5.74) is 1.25. The van der Waals surface area contributed by atoms with Gasteiger partial charge in [0.1, 0.15) is 5.76 Å². The molecule has 1 saturated heterocycles. The van der Waals surface area contributed by atoms with Crippen LogP contribution in [0.25, 0.3) is 0 Å². The molecule has 0 aliphatic carbocycles. The largest absolute Gasteiger partial charge is 0.468 e. The van der Waals surface area contributed by atoms with Crippen LogP contribution in [0.15, 0.2) is 45.9 Å². The van der Waals surface area contributed by atoms with Gasteiger partial charge in [0.05, 0.1) is 23.2 Å². The monoisotopic (exact) mass is 385 g/mol. The topological polar surface area (TPSA) is 74.6 Å². The second kappa shape index (κ2) is 7.78. The van der Waals surface area contributed by atoms with Crippen LogP contribution in [-0.2, 0) is 4.79 Å². The Hall–Kier alpha value is -2.25. The predicted molar refractivity (Wildman–Crippen MR) is 105 cm³/mol. The van der Waals surface area contributed by atoms with Gasteiger partial charge in [-0.15, -0.1) is 11.8 Å². The van der Waals surface area contributed by atoms with Crippen molar-refractivity contribution in [3.05, 3.63) is 47.9 Å². The average Bonchev–Trinajstić information content (AvgIpc) is 3.37. The molecule has 2 N–H and O–H groups in total. The number of hydrogen-bond donors (Lipinski definition) is 2. The van der Waals surface area contributed by atoms with E-state index in [2.05, 4.69) is 15.5 Å². The van der Waals surface area contributed by atoms with E-state index < -0.39 is 0 Å². The molecule has 3 heterocycles. The summed E-state index contributed by atoms with van der Waals surface area (Å²) in [6, 6.07) is 9.34. The minimum absolute atomic E-state index is 0.0306. The van der Waals surface area contributed by atoms with E-state index >= 15 is 0 Å². The van der Waals surface area contributed by atoms with E-state index in [1.54, 1.807) is 12.3 Å². The number of rotatable bonds is 5. The number of likely N-dealkylation sites (tertiary alicyclic amines) is 1. The Labute approximate surface area is 162 Å². The SMILES string of the molecule is CC1Sc2ccc(C(=O)NCC(c3ccco3)N3CCCC3)cc2NC1=O. The molecule has 7 heteroatoms. The fourth-order valence-electron chi connectivity index (χ4n) is 3.59. The van der Waals surface area contributed by atoms with Crippen molar-refractivity contribution in [1.29, 1.82) is 0 Å². The normalized spacial score (nSPS) is 20.8. The van der Waals surface area contributed by atoms with Gasteiger partial charge in [0.15, 0.2) is 0 Å². The van der Waals surface area contributed by atoms with Crippen molar-refractivity contribution in [2.24, 2.45) is 0 Å². The van der Waals surface area contributed by atoms with Gasteiger partial charge in [0.2, 0.25) is 5.91 Å². The summed E-state index contributed by atoms with van der Waals surface area (Å²) in [5.74, 6) is 0.698. The number of fused-ring (bicyclic) bond motifs is 1. The first-order valence-electron chi connectivity index (χ1n) is 9.29. The van der Waals surface area contributed by atoms with Crippen molar-refractivity contribution < 1.29 is 14.0 Å². The van der Waals surface area contributed by atoms with E-state index in [1.165, 1.54) is 24.6 Å². The zero-order valence-electron chi connectivity index (χ0n) is 15.2. The predicted octanol–water partition coefficient (Wildman–Crippen LogP) is 3.28. The van der Waals surface area contributed by atoms with Crippen LogP contribution in [0, 0.1) is 0 Å². The highest BCUT2D eigenvalue weighted by molar-refractivity contribution is 8.00. The highest BCUT2D eigenvalue weighted by Crippen LogP contribution is 2.36. The van der Waals surface area contributed by atoms with Crippen LogP contribution < -0.4 is 10.6 Å². The van der Waals surface area contributed by atoms with E-state index in [9.17, 15) is 9.59 Å². The van der Waals surface area contributed by atoms with Crippen molar-refractivity contribution in [2.75, 3.05) is 25.0 Å². The standard InChI is InChI=1S/C20H23N3O3S/c1-13-19(24)22-15-11-14(6-7-18(15)27-13)20(25)21-12-16(17-5-4-10-26-17)23-8-2-3-9-23/h4-7,10-11,13,16H,2-3,8-9,12H2,1H3,(H,21,25)(H,22,24). The van der Waals surface area contributed by atoms with Gasteiger partial charge in [0.25, 0.3) is 5.91 Å². The Morgan fingerprint density at radius 1 is 1.37 bits per heavy atom. The van der Waals surface area contributed by atoms with Crippen LogP contribution in [0.2, 0.25) is 0 Å². The number of amides is 2. The van der Waals surface area contributed by atoms with Crippen LogP contribution in [-0.4, -0.2) is 41.6 Å². The fraction of sp³-hybridized carbons (Fsp3) is 0.400. The van der Waals surface area contributed by atoms with Crippen molar-refractivity contribution in [3.8, 4) is 0 Å². The highest BCUT2D eigenvalue weighted by atomic mass is 32.2. The molecule has 0 spiro atoms. The lowest BCUT2D eigenvalue weighted by molar-refractivity contribution is -0.115. The number of furan rings is 1. The number of carbonyl (C=O) groups is 2. The van der Waals surface area contributed by atoms with Crippen LogP contribution in [0.4, 0.5) is 5.69 Å². The Balaban J connectivity index is 1.45. The minimum atomic E-state index is -0.147. The number of carbonyl (C=O) groups excluding carboxylic acids is 2. The molecule has 2 atom stereocenters. The molecule has 1 aromatic heterocycles. The van der Waals surface area contributed by atoms with Crippen LogP contribution in [0.3, 0.4) is 0 Å². The number of benzene rings is 1. The van der Waals surface area contributed by atoms with Crippen LogP contribution in [0.5, 0.6) is 0 Å². The quantitative estimate of drug-likeness (QED) is 0.826. The van der Waals surface area contributed by atoms with Crippen LogP contribution >= 0.6 is 11.8 Å². The second-order valence-electron chi connectivity index (χ2n) is 6.94. The zero-order valence-corrected chi connectivity index (χ0v) is 16.1. The summed E-state index contributed by atoms with van der Waals surface area (Å²) in [6.45, 7) is 4.39. The molecule has 0 bridgehead atoms. The lowest BCUT2D eigenvalue weighted by atomic mass is 10.1. The maximum absolute atomic E-state index is 12.7. The molecule has 4 rings (SSSR count). The number of thioether (sulfide) groups is 1. The third kappa shape index (κ3) is 3.89. The first kappa shape index (κ1) is 18.1. The Kier molecular flexibility index (Phi) is 5.22. The summed E-state index contributed by atoms with van der Waals surface area (Å²) >= 11 is 1.51. The zero-order chi connectivity index (χ0) is 18.8. The molecule has 0 radical (unpaired) electrons. The van der Waals surface area contributed by atoms with Gasteiger partial charge in [-0.3, -0.25) is 14.5 Å². The Bertz CT molecular complexity index is 831. The molecule has 2 unspecified atom stereocenters. The molecule has 2 aliphatic heterocycles. The number of nitrogens with one attached hydrogen (secondary N) is 2.